The number of hydrogen-bond acceptors (Lipinski definition) is 11. The number of nitrogens with two attached hydrogens (primary N) is 1. The van der Waals surface area contributed by atoms with Crippen molar-refractivity contribution >= 4 is 66.1 Å². The van der Waals surface area contributed by atoms with E-state index >= 15 is 19.2 Å². The number of primary amides is 1. The van der Waals surface area contributed by atoms with Crippen LogP contribution in [0.4, 0.5) is 5.69 Å². The van der Waals surface area contributed by atoms with Crippen LogP contribution < -0.4 is 31.7 Å². The minimum atomic E-state index is -2.99. The van der Waals surface area contributed by atoms with Crippen molar-refractivity contribution in [3.05, 3.63) is 119 Å². The molecule has 5 amide bonds. The minimum absolute atomic E-state index is 0.103. The molecule has 4 aromatic rings. The van der Waals surface area contributed by atoms with Gasteiger partial charge in [0.15, 0.2) is 36.6 Å². The summed E-state index contributed by atoms with van der Waals surface area (Å²) in [6.45, 7) is 22.4. The summed E-state index contributed by atoms with van der Waals surface area (Å²) in [5, 5.41) is 12.0. The summed E-state index contributed by atoms with van der Waals surface area (Å²) in [6.07, 6.45) is -2.68. The van der Waals surface area contributed by atoms with Crippen LogP contribution in [0.25, 0.3) is 11.1 Å². The molecule has 6 rings (SSSR count). The van der Waals surface area contributed by atoms with Crippen LogP contribution in [0.5, 0.6) is 5.75 Å². The first-order valence-corrected chi connectivity index (χ1v) is 37.1. The zero-order valence-corrected chi connectivity index (χ0v) is 52.7. The van der Waals surface area contributed by atoms with Crippen LogP contribution in [0.3, 0.4) is 0 Å². The van der Waals surface area contributed by atoms with E-state index in [4.69, 9.17) is 28.5 Å². The van der Waals surface area contributed by atoms with Crippen molar-refractivity contribution in [1.29, 1.82) is 0 Å². The van der Waals surface area contributed by atoms with Crippen molar-refractivity contribution in [2.75, 3.05) is 5.32 Å². The van der Waals surface area contributed by atoms with Crippen molar-refractivity contribution < 1.29 is 51.5 Å². The van der Waals surface area contributed by atoms with Crippen LogP contribution in [0.15, 0.2) is 97.1 Å². The molecule has 7 atom stereocenters. The van der Waals surface area contributed by atoms with Gasteiger partial charge in [0.2, 0.25) is 23.6 Å². The highest BCUT2D eigenvalue weighted by atomic mass is 28.4. The molecule has 0 radical (unpaired) electrons. The van der Waals surface area contributed by atoms with Gasteiger partial charge in [0.25, 0.3) is 5.91 Å². The first-order chi connectivity index (χ1) is 38.8. The number of anilines is 1. The standard InChI is InChI=1S/C62H89N5O11Si3/c1-12-42(11)55(76-79(13-2,14-3)15-4)59(71)65-49-38-45-35-36-51(74-40-43-29-24-22-25-30-43)47(37-45)46-33-28-34-48-53(46)67-61(73)62(48,78-81(19-8,20-9)21-10)56(77-80(16-5,17-6)18-7)54(60(72)75-41-44-31-26-23-27-32-44)66-58(70)50(39-52(63)68)64-57(49)69/h22-37,42,49-50,54-56H,12-21,38-41H2,1-11H3,(H2,63,68)(H,64,69)(H,65,71)(H,66,70)(H,67,73)/t42-,49-,50-,54-,55-,56?,62-/m0/s1. The van der Waals surface area contributed by atoms with Crippen LogP contribution in [-0.4, -0.2) is 90.8 Å². The summed E-state index contributed by atoms with van der Waals surface area (Å²) in [4.78, 5) is 90.5. The lowest BCUT2D eigenvalue weighted by atomic mass is 9.83. The molecule has 2 aliphatic heterocycles. The maximum absolute atomic E-state index is 16.1. The molecule has 0 aromatic heterocycles. The van der Waals surface area contributed by atoms with E-state index in [0.717, 1.165) is 23.7 Å². The number of hydrogen-bond donors (Lipinski definition) is 5. The number of para-hydroxylation sites is 1. The highest BCUT2D eigenvalue weighted by Crippen LogP contribution is 2.52. The van der Waals surface area contributed by atoms with Gasteiger partial charge in [0.05, 0.1) is 12.1 Å². The SMILES string of the molecule is CC[C@H](C)[C@H](O[Si](CC)(CC)CC)C(=O)N[C@H]1Cc2ccc(OCc3ccccc3)c(c2)-c2cccc3c2NC(=O)[C@@]3(O[Si](CC)(CC)CC)C(O[Si](CC)(CC)CC)[C@@H](C(=O)OCc2ccccc2)NC(=O)[C@H](CC(N)=O)NC1=O. The summed E-state index contributed by atoms with van der Waals surface area (Å²) < 4.78 is 35.2. The smallest absolute Gasteiger partial charge is 0.331 e. The summed E-state index contributed by atoms with van der Waals surface area (Å²) in [5.74, 6) is -4.52. The van der Waals surface area contributed by atoms with Crippen molar-refractivity contribution in [1.82, 2.24) is 16.0 Å². The zero-order valence-electron chi connectivity index (χ0n) is 49.7. The Morgan fingerprint density at radius 2 is 1.26 bits per heavy atom. The van der Waals surface area contributed by atoms with Crippen LogP contribution >= 0.6 is 0 Å². The fraction of sp³-hybridized carbons (Fsp3) is 0.516. The van der Waals surface area contributed by atoms with Gasteiger partial charge < -0.3 is 49.8 Å². The molecule has 2 aliphatic rings. The molecule has 2 heterocycles. The summed E-state index contributed by atoms with van der Waals surface area (Å²) in [6, 6.07) is 30.8. The molecule has 6 bridgehead atoms. The van der Waals surface area contributed by atoms with Gasteiger partial charge in [-0.15, -0.1) is 0 Å². The second-order valence-electron chi connectivity index (χ2n) is 21.9. The number of fused-ring (bicyclic) bond motifs is 3. The third-order valence-corrected chi connectivity index (χ3v) is 31.4. The van der Waals surface area contributed by atoms with E-state index in [0.29, 0.717) is 81.9 Å². The minimum Gasteiger partial charge on any atom is -0.488 e. The monoisotopic (exact) mass is 1160 g/mol. The van der Waals surface area contributed by atoms with Gasteiger partial charge in [-0.25, -0.2) is 4.79 Å². The number of benzene rings is 4. The molecule has 1 unspecified atom stereocenters. The molecular weight excluding hydrogens is 1070 g/mol. The fourth-order valence-corrected chi connectivity index (χ4v) is 20.0. The Labute approximate surface area is 483 Å². The topological polar surface area (TPSA) is 223 Å². The molecule has 0 saturated heterocycles. The van der Waals surface area contributed by atoms with E-state index in [-0.39, 0.29) is 25.6 Å². The Balaban J connectivity index is 1.70. The molecule has 0 spiro atoms. The molecule has 440 valence electrons. The van der Waals surface area contributed by atoms with Gasteiger partial charge in [0, 0.05) is 23.1 Å². The van der Waals surface area contributed by atoms with Gasteiger partial charge in [0.1, 0.15) is 43.3 Å². The molecule has 0 fully saturated rings. The second-order valence-corrected chi connectivity index (χ2v) is 36.0. The fourth-order valence-electron chi connectivity index (χ4n) is 11.4. The lowest BCUT2D eigenvalue weighted by molar-refractivity contribution is -0.162. The predicted molar refractivity (Wildman–Crippen MR) is 324 cm³/mol. The first kappa shape index (κ1) is 64.2. The third-order valence-electron chi connectivity index (χ3n) is 17.6. The molecule has 6 N–H and O–H groups in total. The van der Waals surface area contributed by atoms with Crippen LogP contribution in [0.1, 0.15) is 111 Å². The summed E-state index contributed by atoms with van der Waals surface area (Å²) in [7, 11) is -8.37. The number of carbonyl (C=O) groups is 6. The Hall–Kier alpha value is -5.97. The van der Waals surface area contributed by atoms with Gasteiger partial charge in [-0.05, 0) is 89.1 Å². The van der Waals surface area contributed by atoms with E-state index in [9.17, 15) is 9.59 Å². The number of rotatable bonds is 27. The van der Waals surface area contributed by atoms with E-state index < -0.39 is 103 Å². The predicted octanol–water partition coefficient (Wildman–Crippen LogP) is 10.6. The first-order valence-electron chi connectivity index (χ1n) is 29.5. The Morgan fingerprint density at radius 1 is 0.679 bits per heavy atom. The van der Waals surface area contributed by atoms with Crippen molar-refractivity contribution in [3.63, 3.8) is 0 Å². The quantitative estimate of drug-likeness (QED) is 0.0279. The lowest BCUT2D eigenvalue weighted by Gasteiger charge is -2.48. The van der Waals surface area contributed by atoms with E-state index in [1.165, 1.54) is 0 Å². The summed E-state index contributed by atoms with van der Waals surface area (Å²) in [5.41, 5.74) is 7.86. The van der Waals surface area contributed by atoms with Crippen molar-refractivity contribution in [2.24, 2.45) is 11.7 Å². The van der Waals surface area contributed by atoms with E-state index in [2.05, 4.69) is 42.0 Å². The molecular formula is C62H89N5O11Si3. The van der Waals surface area contributed by atoms with E-state index in [1.807, 2.05) is 140 Å². The Morgan fingerprint density at radius 3 is 1.81 bits per heavy atom. The molecule has 4 aromatic carbocycles. The molecule has 16 nitrogen and oxygen atoms in total. The second kappa shape index (κ2) is 28.8. The zero-order chi connectivity index (χ0) is 59.1. The van der Waals surface area contributed by atoms with Crippen molar-refractivity contribution in [3.8, 4) is 16.9 Å². The van der Waals surface area contributed by atoms with Gasteiger partial charge in [-0.1, -0.05) is 168 Å². The largest absolute Gasteiger partial charge is 0.488 e. The van der Waals surface area contributed by atoms with Crippen molar-refractivity contribution in [2.45, 2.75) is 199 Å². The molecule has 0 saturated carbocycles. The molecule has 81 heavy (non-hydrogen) atoms. The number of nitrogens with one attached hydrogen (secondary N) is 4. The van der Waals surface area contributed by atoms with Gasteiger partial charge >= 0.3 is 5.97 Å². The Kier molecular flexibility index (Phi) is 22.9. The average molecular weight is 1160 g/mol. The number of ether oxygens (including phenoxy) is 2. The normalized spacial score (nSPS) is 20.3. The van der Waals surface area contributed by atoms with E-state index in [1.54, 1.807) is 12.1 Å². The van der Waals surface area contributed by atoms with Crippen LogP contribution in [-0.2, 0) is 72.0 Å². The maximum atomic E-state index is 16.1. The average Bonchev–Trinajstić information content (AvgIpc) is 3.93. The maximum Gasteiger partial charge on any atom is 0.331 e. The van der Waals surface area contributed by atoms with Crippen LogP contribution in [0, 0.1) is 5.92 Å². The summed E-state index contributed by atoms with van der Waals surface area (Å²) >= 11 is 0. The molecule has 19 heteroatoms. The number of amides is 5. The van der Waals surface area contributed by atoms with Crippen LogP contribution in [0.2, 0.25) is 54.4 Å². The number of carbonyl (C=O) groups excluding carboxylic acids is 6. The highest BCUT2D eigenvalue weighted by Gasteiger charge is 2.63. The van der Waals surface area contributed by atoms with Gasteiger partial charge in [-0.3, -0.25) is 24.0 Å². The van der Waals surface area contributed by atoms with Gasteiger partial charge in [-0.2, -0.15) is 0 Å². The molecule has 0 aliphatic carbocycles. The highest BCUT2D eigenvalue weighted by molar-refractivity contribution is 6.74. The number of esters is 1. The Bertz CT molecular complexity index is 2770. The third kappa shape index (κ3) is 14.6. The lowest BCUT2D eigenvalue weighted by Crippen LogP contribution is -2.68.